The second kappa shape index (κ2) is 7.06. The number of hydrogen-bond donors (Lipinski definition) is 0. The number of imidazole rings is 1. The predicted molar refractivity (Wildman–Crippen MR) is 108 cm³/mol. The van der Waals surface area contributed by atoms with Crippen LogP contribution >= 0.6 is 0 Å². The summed E-state index contributed by atoms with van der Waals surface area (Å²) in [5.74, 6) is 1.28. The molecule has 158 valence electrons. The number of rotatable bonds is 3. The first-order chi connectivity index (χ1) is 15.2. The van der Waals surface area contributed by atoms with E-state index in [2.05, 4.69) is 42.1 Å². The fourth-order valence-corrected chi connectivity index (χ4v) is 4.16. The number of hydrogen-bond acceptors (Lipinski definition) is 8. The van der Waals surface area contributed by atoms with Gasteiger partial charge in [-0.3, -0.25) is 9.47 Å². The highest BCUT2D eigenvalue weighted by molar-refractivity contribution is 5.70. The quantitative estimate of drug-likeness (QED) is 0.432. The first-order valence-electron chi connectivity index (χ1n) is 10.1. The maximum atomic E-state index is 14.0. The van der Waals surface area contributed by atoms with Gasteiger partial charge in [-0.25, -0.2) is 19.0 Å². The molecule has 5 heterocycles. The lowest BCUT2D eigenvalue weighted by Crippen LogP contribution is -2.43. The highest BCUT2D eigenvalue weighted by Gasteiger charge is 2.27. The van der Waals surface area contributed by atoms with Crippen LogP contribution in [0.15, 0.2) is 35.4 Å². The van der Waals surface area contributed by atoms with Crippen molar-refractivity contribution in [3.05, 3.63) is 48.3 Å². The summed E-state index contributed by atoms with van der Waals surface area (Å²) in [7, 11) is 2.12. The fraction of sp³-hybridized carbons (Fsp3) is 0.350. The molecule has 2 aliphatic heterocycles. The monoisotopic (exact) mass is 421 g/mol. The van der Waals surface area contributed by atoms with E-state index < -0.39 is 0 Å². The number of benzene rings is 1. The largest absolute Gasteiger partial charge is 0.337 e. The Kier molecular flexibility index (Phi) is 4.18. The van der Waals surface area contributed by atoms with Gasteiger partial charge in [-0.1, -0.05) is 5.16 Å². The number of piperazine rings is 1. The molecular weight excluding hydrogens is 401 g/mol. The zero-order valence-corrected chi connectivity index (χ0v) is 16.9. The van der Waals surface area contributed by atoms with Crippen molar-refractivity contribution in [2.75, 3.05) is 33.2 Å². The van der Waals surface area contributed by atoms with Crippen LogP contribution in [0, 0.1) is 5.82 Å². The van der Waals surface area contributed by atoms with Gasteiger partial charge in [-0.2, -0.15) is 10.1 Å². The van der Waals surface area contributed by atoms with E-state index in [-0.39, 0.29) is 5.82 Å². The van der Waals surface area contributed by atoms with Crippen LogP contribution in [-0.4, -0.2) is 77.5 Å². The van der Waals surface area contributed by atoms with Crippen molar-refractivity contribution in [2.24, 2.45) is 0 Å². The molecule has 2 aliphatic rings. The van der Waals surface area contributed by atoms with Gasteiger partial charge in [0.2, 0.25) is 11.7 Å². The van der Waals surface area contributed by atoms with Gasteiger partial charge in [0.1, 0.15) is 24.2 Å². The number of aromatic nitrogens is 7. The van der Waals surface area contributed by atoms with Crippen molar-refractivity contribution in [3.63, 3.8) is 0 Å². The summed E-state index contributed by atoms with van der Waals surface area (Å²) in [6, 6.07) is 4.61. The van der Waals surface area contributed by atoms with E-state index >= 15 is 0 Å². The second-order valence-corrected chi connectivity index (χ2v) is 7.90. The van der Waals surface area contributed by atoms with Gasteiger partial charge in [0.15, 0.2) is 5.82 Å². The Labute approximate surface area is 176 Å². The Morgan fingerprint density at radius 3 is 2.87 bits per heavy atom. The molecule has 0 amide bonds. The van der Waals surface area contributed by atoms with Crippen LogP contribution in [0.4, 0.5) is 4.39 Å². The van der Waals surface area contributed by atoms with Crippen molar-refractivity contribution >= 4 is 0 Å². The van der Waals surface area contributed by atoms with E-state index in [0.29, 0.717) is 41.9 Å². The molecule has 31 heavy (non-hydrogen) atoms. The highest BCUT2D eigenvalue weighted by atomic mass is 19.1. The average Bonchev–Trinajstić information content (AvgIpc) is 3.49. The molecule has 0 saturated carbocycles. The minimum atomic E-state index is -0.330. The smallest absolute Gasteiger partial charge is 0.241 e. The molecule has 0 spiro atoms. The molecule has 0 unspecified atom stereocenters. The summed E-state index contributed by atoms with van der Waals surface area (Å²) in [4.78, 5) is 18.1. The number of nitrogens with zero attached hydrogens (tertiary/aromatic N) is 9. The van der Waals surface area contributed by atoms with Gasteiger partial charge >= 0.3 is 0 Å². The van der Waals surface area contributed by atoms with Crippen molar-refractivity contribution in [1.29, 1.82) is 0 Å². The van der Waals surface area contributed by atoms with Gasteiger partial charge in [0, 0.05) is 31.7 Å². The SMILES string of the molecule is CN1CCN(Cc2nc(-c3ncn4c3Cn3ncnc3-c3cc(F)ccc3-4)no2)CC1. The van der Waals surface area contributed by atoms with Gasteiger partial charge in [-0.15, -0.1) is 0 Å². The van der Waals surface area contributed by atoms with Gasteiger partial charge in [-0.05, 0) is 25.2 Å². The molecule has 0 aliphatic carbocycles. The number of fused-ring (bicyclic) bond motifs is 5. The minimum absolute atomic E-state index is 0.330. The maximum Gasteiger partial charge on any atom is 0.241 e. The lowest BCUT2D eigenvalue weighted by atomic mass is 10.1. The molecule has 10 nitrogen and oxygen atoms in total. The summed E-state index contributed by atoms with van der Waals surface area (Å²) in [6.07, 6.45) is 3.17. The van der Waals surface area contributed by atoms with Gasteiger partial charge < -0.3 is 9.42 Å². The van der Waals surface area contributed by atoms with Crippen LogP contribution in [0.1, 0.15) is 11.6 Å². The summed E-state index contributed by atoms with van der Waals surface area (Å²) < 4.78 is 23.1. The first kappa shape index (κ1) is 18.3. The molecule has 1 aromatic carbocycles. The van der Waals surface area contributed by atoms with Crippen LogP contribution < -0.4 is 0 Å². The lowest BCUT2D eigenvalue weighted by Gasteiger charge is -2.31. The van der Waals surface area contributed by atoms with Crippen LogP contribution in [0.3, 0.4) is 0 Å². The third-order valence-corrected chi connectivity index (χ3v) is 5.88. The van der Waals surface area contributed by atoms with E-state index in [4.69, 9.17) is 4.52 Å². The molecule has 6 rings (SSSR count). The van der Waals surface area contributed by atoms with Crippen LogP contribution in [-0.2, 0) is 13.1 Å². The molecule has 1 fully saturated rings. The highest BCUT2D eigenvalue weighted by Crippen LogP contribution is 2.33. The molecular formula is C20H20FN9O. The third kappa shape index (κ3) is 3.13. The van der Waals surface area contributed by atoms with Gasteiger partial charge in [0.05, 0.1) is 24.5 Å². The standard InChI is InChI=1S/C20H20FN9O/c1-27-4-6-28(7-5-27)10-17-25-19(26-31-17)18-16-9-30-20(22-11-24-30)14-8-13(21)2-3-15(14)29(16)12-23-18/h2-3,8,11-12H,4-7,9-10H2,1H3. The van der Waals surface area contributed by atoms with Crippen LogP contribution in [0.5, 0.6) is 0 Å². The topological polar surface area (TPSA) is 93.9 Å². The van der Waals surface area contributed by atoms with Crippen LogP contribution in [0.2, 0.25) is 0 Å². The molecule has 0 N–H and O–H groups in total. The first-order valence-corrected chi connectivity index (χ1v) is 10.1. The maximum absolute atomic E-state index is 14.0. The van der Waals surface area contributed by atoms with Crippen LogP contribution in [0.25, 0.3) is 28.6 Å². The van der Waals surface area contributed by atoms with Crippen molar-refractivity contribution in [1.82, 2.24) is 44.3 Å². The molecule has 11 heteroatoms. The molecule has 0 bridgehead atoms. The van der Waals surface area contributed by atoms with E-state index in [0.717, 1.165) is 37.6 Å². The molecule has 4 aromatic rings. The summed E-state index contributed by atoms with van der Waals surface area (Å²) in [5, 5.41) is 8.50. The van der Waals surface area contributed by atoms with Crippen molar-refractivity contribution in [3.8, 4) is 28.6 Å². The van der Waals surface area contributed by atoms with E-state index in [1.54, 1.807) is 17.1 Å². The Hall–Kier alpha value is -3.44. The fourth-order valence-electron chi connectivity index (χ4n) is 4.16. The Morgan fingerprint density at radius 2 is 2.00 bits per heavy atom. The summed E-state index contributed by atoms with van der Waals surface area (Å²) in [5.41, 5.74) is 2.89. The molecule has 3 aromatic heterocycles. The predicted octanol–water partition coefficient (Wildman–Crippen LogP) is 1.43. The van der Waals surface area contributed by atoms with E-state index in [1.807, 2.05) is 4.57 Å². The lowest BCUT2D eigenvalue weighted by molar-refractivity contribution is 0.135. The minimum Gasteiger partial charge on any atom is -0.337 e. The molecule has 0 radical (unpaired) electrons. The Bertz CT molecular complexity index is 1250. The number of likely N-dealkylation sites (N-methyl/N-ethyl adjacent to an activating group) is 1. The summed E-state index contributed by atoms with van der Waals surface area (Å²) >= 11 is 0. The van der Waals surface area contributed by atoms with Gasteiger partial charge in [0.25, 0.3) is 0 Å². The zero-order chi connectivity index (χ0) is 20.9. The normalized spacial score (nSPS) is 16.6. The Morgan fingerprint density at radius 1 is 1.13 bits per heavy atom. The zero-order valence-electron chi connectivity index (χ0n) is 16.9. The number of halogens is 1. The third-order valence-electron chi connectivity index (χ3n) is 5.88. The van der Waals surface area contributed by atoms with E-state index in [9.17, 15) is 4.39 Å². The van der Waals surface area contributed by atoms with Crippen molar-refractivity contribution in [2.45, 2.75) is 13.1 Å². The second-order valence-electron chi connectivity index (χ2n) is 7.90. The molecule has 1 saturated heterocycles. The molecule has 0 atom stereocenters. The van der Waals surface area contributed by atoms with E-state index in [1.165, 1.54) is 18.5 Å². The Balaban J connectivity index is 1.36. The average molecular weight is 421 g/mol. The van der Waals surface area contributed by atoms with Crippen molar-refractivity contribution < 1.29 is 8.91 Å². The summed E-state index contributed by atoms with van der Waals surface area (Å²) in [6.45, 7) is 5.01.